The van der Waals surface area contributed by atoms with Crippen LogP contribution in [0.4, 0.5) is 0 Å². The number of hydrogen-bond donors (Lipinski definition) is 0. The molecule has 0 aliphatic rings. The van der Waals surface area contributed by atoms with E-state index in [0.29, 0.717) is 16.1 Å². The third-order valence-corrected chi connectivity index (χ3v) is 2.54. The zero-order valence-corrected chi connectivity index (χ0v) is 9.01. The Balaban J connectivity index is 3.93. The minimum absolute atomic E-state index is 0.289. The fourth-order valence-corrected chi connectivity index (χ4v) is 1.74. The zero-order valence-electron chi connectivity index (χ0n) is 6.86. The highest BCUT2D eigenvalue weighted by Crippen LogP contribution is 2.16. The van der Waals surface area contributed by atoms with E-state index in [1.807, 2.05) is 0 Å². The van der Waals surface area contributed by atoms with Crippen molar-refractivity contribution in [2.75, 3.05) is 4.43 Å². The van der Waals surface area contributed by atoms with Gasteiger partial charge < -0.3 is 0 Å². The summed E-state index contributed by atoms with van der Waals surface area (Å²) in [7, 11) is 0. The van der Waals surface area contributed by atoms with Gasteiger partial charge in [0.05, 0.1) is 4.43 Å². The SMILES string of the molecule is CCC(C(=O)CI)C(C)C. The molecule has 60 valence electrons. The molecule has 0 amide bonds. The first-order valence-electron chi connectivity index (χ1n) is 3.72. The predicted molar refractivity (Wildman–Crippen MR) is 52.5 cm³/mol. The van der Waals surface area contributed by atoms with Crippen molar-refractivity contribution in [1.82, 2.24) is 0 Å². The largest absolute Gasteiger partial charge is 0.299 e. The number of ketones is 1. The topological polar surface area (TPSA) is 17.1 Å². The van der Waals surface area contributed by atoms with Gasteiger partial charge in [0.1, 0.15) is 5.78 Å². The van der Waals surface area contributed by atoms with Crippen LogP contribution in [0.2, 0.25) is 0 Å². The molecule has 10 heavy (non-hydrogen) atoms. The standard InChI is InChI=1S/C8H15IO/c1-4-7(6(2)3)8(10)5-9/h6-7H,4-5H2,1-3H3. The van der Waals surface area contributed by atoms with E-state index in [1.54, 1.807) is 0 Å². The molecule has 0 radical (unpaired) electrons. The van der Waals surface area contributed by atoms with E-state index in [4.69, 9.17) is 0 Å². The Hall–Kier alpha value is 0.400. The molecule has 1 nitrogen and oxygen atoms in total. The van der Waals surface area contributed by atoms with Crippen molar-refractivity contribution in [3.63, 3.8) is 0 Å². The summed E-state index contributed by atoms with van der Waals surface area (Å²) >= 11 is 2.14. The summed E-state index contributed by atoms with van der Waals surface area (Å²) in [6.07, 6.45) is 0.986. The van der Waals surface area contributed by atoms with Gasteiger partial charge in [0.25, 0.3) is 0 Å². The second-order valence-corrected chi connectivity index (χ2v) is 3.62. The molecule has 0 rings (SSSR count). The number of alkyl halides is 1. The Bertz CT molecular complexity index is 110. The summed E-state index contributed by atoms with van der Waals surface area (Å²) in [6.45, 7) is 6.30. The maximum absolute atomic E-state index is 11.2. The average molecular weight is 254 g/mol. The number of Topliss-reactive ketones (excluding diaryl/α,β-unsaturated/α-hetero) is 1. The van der Waals surface area contributed by atoms with Crippen molar-refractivity contribution in [2.24, 2.45) is 11.8 Å². The molecule has 1 atom stereocenters. The van der Waals surface area contributed by atoms with Gasteiger partial charge in [0.2, 0.25) is 0 Å². The number of rotatable bonds is 4. The molecule has 0 N–H and O–H groups in total. The molecule has 0 spiro atoms. The van der Waals surface area contributed by atoms with Gasteiger partial charge in [-0.25, -0.2) is 0 Å². The molecule has 1 unspecified atom stereocenters. The number of hydrogen-bond acceptors (Lipinski definition) is 1. The average Bonchev–Trinajstić information content (AvgIpc) is 1.88. The molecule has 0 saturated carbocycles. The van der Waals surface area contributed by atoms with Gasteiger partial charge in [0, 0.05) is 5.92 Å². The summed E-state index contributed by atoms with van der Waals surface area (Å²) in [5.74, 6) is 1.20. The molecule has 0 fully saturated rings. The minimum atomic E-state index is 0.289. The molecule has 0 heterocycles. The Labute approximate surface area is 76.7 Å². The summed E-state index contributed by atoms with van der Waals surface area (Å²) in [6, 6.07) is 0. The highest BCUT2D eigenvalue weighted by atomic mass is 127. The summed E-state index contributed by atoms with van der Waals surface area (Å²) < 4.78 is 0.661. The molecule has 0 aromatic rings. The van der Waals surface area contributed by atoms with Gasteiger partial charge in [-0.2, -0.15) is 0 Å². The molecule has 0 aliphatic carbocycles. The molecule has 0 saturated heterocycles. The number of carbonyl (C=O) groups is 1. The quantitative estimate of drug-likeness (QED) is 0.556. The van der Waals surface area contributed by atoms with Crippen LogP contribution in [-0.4, -0.2) is 10.2 Å². The van der Waals surface area contributed by atoms with Gasteiger partial charge in [-0.3, -0.25) is 4.79 Å². The molecule has 0 aromatic heterocycles. The first kappa shape index (κ1) is 10.4. The summed E-state index contributed by atoms with van der Waals surface area (Å²) in [4.78, 5) is 11.2. The van der Waals surface area contributed by atoms with Crippen LogP contribution in [0.15, 0.2) is 0 Å². The first-order valence-corrected chi connectivity index (χ1v) is 5.24. The summed E-state index contributed by atoms with van der Waals surface area (Å²) in [5, 5.41) is 0. The lowest BCUT2D eigenvalue weighted by Crippen LogP contribution is -2.20. The number of halogens is 1. The van der Waals surface area contributed by atoms with Gasteiger partial charge in [-0.05, 0) is 12.3 Å². The third-order valence-electron chi connectivity index (χ3n) is 1.79. The van der Waals surface area contributed by atoms with Gasteiger partial charge in [0.15, 0.2) is 0 Å². The molecule has 0 bridgehead atoms. The van der Waals surface area contributed by atoms with Crippen LogP contribution in [0.25, 0.3) is 0 Å². The van der Waals surface area contributed by atoms with Crippen molar-refractivity contribution in [1.29, 1.82) is 0 Å². The molecular weight excluding hydrogens is 239 g/mol. The molecule has 0 aliphatic heterocycles. The number of carbonyl (C=O) groups excluding carboxylic acids is 1. The van der Waals surface area contributed by atoms with Gasteiger partial charge in [-0.1, -0.05) is 43.4 Å². The van der Waals surface area contributed by atoms with Crippen LogP contribution in [-0.2, 0) is 4.79 Å². The van der Waals surface area contributed by atoms with E-state index < -0.39 is 0 Å². The van der Waals surface area contributed by atoms with E-state index in [2.05, 4.69) is 43.4 Å². The van der Waals surface area contributed by atoms with Gasteiger partial charge in [-0.15, -0.1) is 0 Å². The Morgan fingerprint density at radius 1 is 1.50 bits per heavy atom. The van der Waals surface area contributed by atoms with Crippen LogP contribution in [0, 0.1) is 11.8 Å². The molecular formula is C8H15IO. The van der Waals surface area contributed by atoms with Gasteiger partial charge >= 0.3 is 0 Å². The van der Waals surface area contributed by atoms with Crippen LogP contribution in [0.3, 0.4) is 0 Å². The molecule has 2 heteroatoms. The van der Waals surface area contributed by atoms with E-state index >= 15 is 0 Å². The van der Waals surface area contributed by atoms with Crippen molar-refractivity contribution in [3.05, 3.63) is 0 Å². The lowest BCUT2D eigenvalue weighted by Gasteiger charge is -2.15. The van der Waals surface area contributed by atoms with E-state index in [1.165, 1.54) is 0 Å². The highest BCUT2D eigenvalue weighted by molar-refractivity contribution is 14.1. The van der Waals surface area contributed by atoms with Crippen molar-refractivity contribution >= 4 is 28.4 Å². The van der Waals surface area contributed by atoms with E-state index in [0.717, 1.165) is 6.42 Å². The first-order chi connectivity index (χ1) is 4.63. The lowest BCUT2D eigenvalue weighted by molar-refractivity contribution is -0.121. The monoisotopic (exact) mass is 254 g/mol. The Kier molecular flexibility index (Phi) is 5.31. The minimum Gasteiger partial charge on any atom is -0.299 e. The smallest absolute Gasteiger partial charge is 0.145 e. The predicted octanol–water partition coefficient (Wildman–Crippen LogP) is 2.67. The highest BCUT2D eigenvalue weighted by Gasteiger charge is 2.17. The van der Waals surface area contributed by atoms with Crippen LogP contribution >= 0.6 is 22.6 Å². The maximum Gasteiger partial charge on any atom is 0.145 e. The normalized spacial score (nSPS) is 13.7. The van der Waals surface area contributed by atoms with Crippen LogP contribution < -0.4 is 0 Å². The fourth-order valence-electron chi connectivity index (χ4n) is 1.17. The third kappa shape index (κ3) is 2.99. The zero-order chi connectivity index (χ0) is 8.15. The Morgan fingerprint density at radius 3 is 2.10 bits per heavy atom. The second kappa shape index (κ2) is 5.10. The van der Waals surface area contributed by atoms with Crippen molar-refractivity contribution < 1.29 is 4.79 Å². The second-order valence-electron chi connectivity index (χ2n) is 2.86. The maximum atomic E-state index is 11.2. The van der Waals surface area contributed by atoms with Crippen LogP contribution in [0.1, 0.15) is 27.2 Å². The van der Waals surface area contributed by atoms with Crippen molar-refractivity contribution in [3.8, 4) is 0 Å². The van der Waals surface area contributed by atoms with E-state index in [-0.39, 0.29) is 5.92 Å². The fraction of sp³-hybridized carbons (Fsp3) is 0.875. The van der Waals surface area contributed by atoms with E-state index in [9.17, 15) is 4.79 Å². The van der Waals surface area contributed by atoms with Crippen LogP contribution in [0.5, 0.6) is 0 Å². The molecule has 0 aromatic carbocycles. The lowest BCUT2D eigenvalue weighted by atomic mass is 9.90. The Morgan fingerprint density at radius 2 is 2.00 bits per heavy atom. The van der Waals surface area contributed by atoms with Crippen molar-refractivity contribution in [2.45, 2.75) is 27.2 Å². The summed E-state index contributed by atoms with van der Waals surface area (Å²) in [5.41, 5.74) is 0.